The van der Waals surface area contributed by atoms with Gasteiger partial charge in [0.2, 0.25) is 0 Å². The second-order valence-corrected chi connectivity index (χ2v) is 6.47. The van der Waals surface area contributed by atoms with Crippen LogP contribution in [0.1, 0.15) is 66.7 Å². The summed E-state index contributed by atoms with van der Waals surface area (Å²) < 4.78 is 5.18. The van der Waals surface area contributed by atoms with Gasteiger partial charge in [0, 0.05) is 16.8 Å². The number of amides is 1. The first kappa shape index (κ1) is 17.9. The lowest BCUT2D eigenvalue weighted by atomic mass is 10.1. The molecule has 1 aromatic heterocycles. The topological polar surface area (TPSA) is 88.3 Å². The summed E-state index contributed by atoms with van der Waals surface area (Å²) in [5, 5.41) is 2.74. The molecule has 22 heavy (non-hydrogen) atoms. The van der Waals surface area contributed by atoms with Crippen LogP contribution in [0.5, 0.6) is 0 Å². The second-order valence-electron chi connectivity index (χ2n) is 6.47. The zero-order valence-electron chi connectivity index (χ0n) is 14.2. The van der Waals surface area contributed by atoms with Crippen molar-refractivity contribution in [1.29, 1.82) is 0 Å². The number of carbonyl (C=O) groups excluding carboxylic acids is 3. The van der Waals surface area contributed by atoms with Gasteiger partial charge in [0.25, 0.3) is 5.91 Å². The van der Waals surface area contributed by atoms with Crippen molar-refractivity contribution in [2.75, 3.05) is 0 Å². The summed E-state index contributed by atoms with van der Waals surface area (Å²) in [6.07, 6.45) is -0.921. The van der Waals surface area contributed by atoms with E-state index in [0.29, 0.717) is 16.8 Å². The Bertz CT molecular complexity index is 608. The number of aryl methyl sites for hydroxylation is 1. The van der Waals surface area contributed by atoms with Crippen LogP contribution in [0.2, 0.25) is 0 Å². The maximum atomic E-state index is 12.2. The predicted octanol–water partition coefficient (Wildman–Crippen LogP) is 2.29. The third-order valence-electron chi connectivity index (χ3n) is 3.14. The van der Waals surface area contributed by atoms with Crippen LogP contribution < -0.4 is 5.32 Å². The maximum Gasteiger partial charge on any atom is 0.355 e. The van der Waals surface area contributed by atoms with Gasteiger partial charge in [-0.25, -0.2) is 4.79 Å². The van der Waals surface area contributed by atoms with Gasteiger partial charge in [-0.3, -0.25) is 9.59 Å². The van der Waals surface area contributed by atoms with Gasteiger partial charge in [-0.15, -0.1) is 0 Å². The van der Waals surface area contributed by atoms with Crippen LogP contribution in [-0.4, -0.2) is 34.3 Å². The van der Waals surface area contributed by atoms with Gasteiger partial charge < -0.3 is 15.0 Å². The van der Waals surface area contributed by atoms with Crippen molar-refractivity contribution >= 4 is 17.7 Å². The summed E-state index contributed by atoms with van der Waals surface area (Å²) in [4.78, 5) is 38.6. The van der Waals surface area contributed by atoms with Crippen molar-refractivity contribution in [3.63, 3.8) is 0 Å². The van der Waals surface area contributed by atoms with Crippen LogP contribution in [0.15, 0.2) is 0 Å². The van der Waals surface area contributed by atoms with E-state index in [1.807, 2.05) is 20.8 Å². The molecule has 2 N–H and O–H groups in total. The Morgan fingerprint density at radius 3 is 2.14 bits per heavy atom. The SMILES string of the molecule is CC(=O)c1c(C)[nH]c(C(=O)OC(C)C(=O)NC(C)(C)C)c1C. The summed E-state index contributed by atoms with van der Waals surface area (Å²) in [5.41, 5.74) is 1.44. The fraction of sp³-hybridized carbons (Fsp3) is 0.562. The minimum Gasteiger partial charge on any atom is -0.448 e. The molecule has 0 aliphatic carbocycles. The zero-order chi connectivity index (χ0) is 17.2. The minimum absolute atomic E-state index is 0.121. The average Bonchev–Trinajstić information content (AvgIpc) is 2.62. The Labute approximate surface area is 130 Å². The monoisotopic (exact) mass is 308 g/mol. The summed E-state index contributed by atoms with van der Waals surface area (Å²) in [6.45, 7) is 11.9. The van der Waals surface area contributed by atoms with Crippen LogP contribution >= 0.6 is 0 Å². The van der Waals surface area contributed by atoms with Gasteiger partial charge in [-0.2, -0.15) is 0 Å². The van der Waals surface area contributed by atoms with Crippen molar-refractivity contribution in [3.05, 3.63) is 22.5 Å². The highest BCUT2D eigenvalue weighted by Gasteiger charge is 2.26. The summed E-state index contributed by atoms with van der Waals surface area (Å²) in [6, 6.07) is 0. The third-order valence-corrected chi connectivity index (χ3v) is 3.14. The fourth-order valence-electron chi connectivity index (χ4n) is 2.23. The highest BCUT2D eigenvalue weighted by atomic mass is 16.5. The van der Waals surface area contributed by atoms with Gasteiger partial charge in [-0.1, -0.05) is 0 Å². The highest BCUT2D eigenvalue weighted by molar-refractivity contribution is 6.01. The number of carbonyl (C=O) groups is 3. The number of ketones is 1. The van der Waals surface area contributed by atoms with Gasteiger partial charge in [0.05, 0.1) is 0 Å². The van der Waals surface area contributed by atoms with Crippen LogP contribution in [0.4, 0.5) is 0 Å². The van der Waals surface area contributed by atoms with Crippen molar-refractivity contribution < 1.29 is 19.1 Å². The molecule has 6 nitrogen and oxygen atoms in total. The molecule has 1 amide bonds. The standard InChI is InChI=1S/C16H24N2O4/c1-8-12(10(3)19)9(2)17-13(8)15(21)22-11(4)14(20)18-16(5,6)7/h11,17H,1-7H3,(H,18,20). The molecule has 1 atom stereocenters. The van der Waals surface area contributed by atoms with E-state index in [1.165, 1.54) is 13.8 Å². The fourth-order valence-corrected chi connectivity index (χ4v) is 2.23. The number of esters is 1. The number of rotatable bonds is 4. The molecule has 0 saturated carbocycles. The molecule has 0 aliphatic heterocycles. The van der Waals surface area contributed by atoms with E-state index < -0.39 is 17.6 Å². The van der Waals surface area contributed by atoms with E-state index in [1.54, 1.807) is 13.8 Å². The van der Waals surface area contributed by atoms with E-state index in [-0.39, 0.29) is 17.4 Å². The molecule has 0 spiro atoms. The van der Waals surface area contributed by atoms with Crippen LogP contribution in [0.25, 0.3) is 0 Å². The van der Waals surface area contributed by atoms with Crippen molar-refractivity contribution in [1.82, 2.24) is 10.3 Å². The van der Waals surface area contributed by atoms with Crippen molar-refractivity contribution in [3.8, 4) is 0 Å². The van der Waals surface area contributed by atoms with Gasteiger partial charge in [0.15, 0.2) is 11.9 Å². The minimum atomic E-state index is -0.921. The molecule has 0 radical (unpaired) electrons. The number of nitrogens with one attached hydrogen (secondary N) is 2. The Morgan fingerprint density at radius 1 is 1.18 bits per heavy atom. The lowest BCUT2D eigenvalue weighted by Crippen LogP contribution is -2.46. The lowest BCUT2D eigenvalue weighted by Gasteiger charge is -2.23. The van der Waals surface area contributed by atoms with Crippen LogP contribution in [0, 0.1) is 13.8 Å². The first-order valence-electron chi connectivity index (χ1n) is 7.17. The predicted molar refractivity (Wildman–Crippen MR) is 83.0 cm³/mol. The summed E-state index contributed by atoms with van der Waals surface area (Å²) in [7, 11) is 0. The van der Waals surface area contributed by atoms with Gasteiger partial charge in [-0.05, 0) is 54.0 Å². The number of hydrogen-bond donors (Lipinski definition) is 2. The maximum absolute atomic E-state index is 12.2. The van der Waals surface area contributed by atoms with E-state index in [0.717, 1.165) is 0 Å². The number of hydrogen-bond acceptors (Lipinski definition) is 4. The van der Waals surface area contributed by atoms with Gasteiger partial charge in [0.1, 0.15) is 5.69 Å². The number of H-pyrrole nitrogens is 1. The molecule has 122 valence electrons. The molecule has 0 aliphatic rings. The number of Topliss-reactive ketones (excluding diaryl/α,β-unsaturated/α-hetero) is 1. The molecular formula is C16H24N2O4. The Balaban J connectivity index is 2.88. The number of ether oxygens (including phenoxy) is 1. The van der Waals surface area contributed by atoms with E-state index in [9.17, 15) is 14.4 Å². The molecular weight excluding hydrogens is 284 g/mol. The largest absolute Gasteiger partial charge is 0.448 e. The smallest absolute Gasteiger partial charge is 0.355 e. The second kappa shape index (κ2) is 6.34. The Hall–Kier alpha value is -2.11. The van der Waals surface area contributed by atoms with Crippen molar-refractivity contribution in [2.45, 2.75) is 60.1 Å². The Morgan fingerprint density at radius 2 is 1.73 bits per heavy atom. The third kappa shape index (κ3) is 4.19. The highest BCUT2D eigenvalue weighted by Crippen LogP contribution is 2.19. The molecule has 1 heterocycles. The molecule has 0 fully saturated rings. The van der Waals surface area contributed by atoms with E-state index in [2.05, 4.69) is 10.3 Å². The van der Waals surface area contributed by atoms with E-state index >= 15 is 0 Å². The first-order chi connectivity index (χ1) is 9.94. The Kier molecular flexibility index (Phi) is 5.17. The lowest BCUT2D eigenvalue weighted by molar-refractivity contribution is -0.130. The number of aromatic amines is 1. The normalized spacial score (nSPS) is 12.7. The van der Waals surface area contributed by atoms with Crippen LogP contribution in [-0.2, 0) is 9.53 Å². The first-order valence-corrected chi connectivity index (χ1v) is 7.17. The average molecular weight is 308 g/mol. The molecule has 6 heteroatoms. The summed E-state index contributed by atoms with van der Waals surface area (Å²) >= 11 is 0. The van der Waals surface area contributed by atoms with E-state index in [4.69, 9.17) is 4.74 Å². The zero-order valence-corrected chi connectivity index (χ0v) is 14.2. The number of aromatic nitrogens is 1. The summed E-state index contributed by atoms with van der Waals surface area (Å²) in [5.74, 6) is -1.14. The van der Waals surface area contributed by atoms with Gasteiger partial charge >= 0.3 is 5.97 Å². The molecule has 1 aromatic rings. The molecule has 0 bridgehead atoms. The quantitative estimate of drug-likeness (QED) is 0.660. The molecule has 1 unspecified atom stereocenters. The van der Waals surface area contributed by atoms with Crippen molar-refractivity contribution in [2.24, 2.45) is 0 Å². The van der Waals surface area contributed by atoms with Crippen LogP contribution in [0.3, 0.4) is 0 Å². The molecule has 0 aromatic carbocycles. The molecule has 1 rings (SSSR count). The molecule has 0 saturated heterocycles.